The summed E-state index contributed by atoms with van der Waals surface area (Å²) in [7, 11) is 1.93. The number of likely N-dealkylation sites (tertiary alicyclic amines) is 1. The molecule has 0 bridgehead atoms. The highest BCUT2D eigenvalue weighted by molar-refractivity contribution is 5.97. The van der Waals surface area contributed by atoms with Gasteiger partial charge in [0.25, 0.3) is 12.4 Å². The Balaban J connectivity index is 0.000000687. The number of rotatable bonds is 2. The van der Waals surface area contributed by atoms with Crippen LogP contribution in [0, 0.1) is 6.92 Å². The van der Waals surface area contributed by atoms with Gasteiger partial charge in [-0.2, -0.15) is 0 Å². The topological polar surface area (TPSA) is 92.1 Å². The first-order valence-corrected chi connectivity index (χ1v) is 9.97. The summed E-state index contributed by atoms with van der Waals surface area (Å²) in [5, 5.41) is 6.89. The molecule has 8 heteroatoms. The van der Waals surface area contributed by atoms with Gasteiger partial charge in [-0.15, -0.1) is 0 Å². The number of benzene rings is 1. The van der Waals surface area contributed by atoms with Gasteiger partial charge in [-0.05, 0) is 18.6 Å². The van der Waals surface area contributed by atoms with Crippen molar-refractivity contribution in [3.8, 4) is 0 Å². The van der Waals surface area contributed by atoms with E-state index in [1.165, 1.54) is 0 Å². The van der Waals surface area contributed by atoms with Crippen LogP contribution in [-0.4, -0.2) is 62.6 Å². The third-order valence-corrected chi connectivity index (χ3v) is 6.47. The van der Waals surface area contributed by atoms with Crippen LogP contribution in [0.2, 0.25) is 0 Å². The van der Waals surface area contributed by atoms with Gasteiger partial charge in [0.1, 0.15) is 6.10 Å². The smallest absolute Gasteiger partial charge is 0.290 e. The first-order valence-electron chi connectivity index (χ1n) is 9.97. The quantitative estimate of drug-likeness (QED) is 0.763. The number of hydrogen-bond donors (Lipinski definition) is 1. The van der Waals surface area contributed by atoms with Gasteiger partial charge in [0.05, 0.1) is 24.6 Å². The molecule has 3 aliphatic heterocycles. The molecule has 5 rings (SSSR count). The highest BCUT2D eigenvalue weighted by atomic mass is 16.5. The molecule has 1 spiro atoms. The molecule has 3 fully saturated rings. The van der Waals surface area contributed by atoms with Gasteiger partial charge in [0, 0.05) is 31.9 Å². The maximum Gasteiger partial charge on any atom is 0.290 e. The minimum Gasteiger partial charge on any atom is -0.483 e. The predicted molar refractivity (Wildman–Crippen MR) is 108 cm³/mol. The minimum atomic E-state index is -0.671. The number of amides is 2. The van der Waals surface area contributed by atoms with Crippen LogP contribution in [0.25, 0.3) is 0 Å². The standard InChI is InChI=1S/C21H23N3O3.CH2O2/c1-14-16(8-10-22(14)2)20(26)23-11-9-21-18(23)12-19(25)24(21)13-17(27-21)15-6-4-3-5-7-15;2-1-3/h3-8,10,17-18H,9,11-13H2,1-2H3;1H,(H,2,3)/t17-,18-,21+;/m1./s1. The molecule has 2 aromatic rings. The number of ether oxygens (including phenoxy) is 1. The number of hydrogen-bond acceptors (Lipinski definition) is 4. The highest BCUT2D eigenvalue weighted by Gasteiger charge is 2.65. The summed E-state index contributed by atoms with van der Waals surface area (Å²) in [6.07, 6.45) is 2.79. The number of aromatic nitrogens is 1. The molecule has 2 amide bonds. The molecule has 3 atom stereocenters. The van der Waals surface area contributed by atoms with E-state index in [2.05, 4.69) is 0 Å². The highest BCUT2D eigenvalue weighted by Crippen LogP contribution is 2.50. The van der Waals surface area contributed by atoms with Crippen LogP contribution in [-0.2, 0) is 21.4 Å². The van der Waals surface area contributed by atoms with E-state index in [1.807, 2.05) is 70.9 Å². The van der Waals surface area contributed by atoms with Crippen LogP contribution in [0.15, 0.2) is 42.6 Å². The minimum absolute atomic E-state index is 0.00335. The molecular weight excluding hydrogens is 386 g/mol. The fourth-order valence-corrected chi connectivity index (χ4v) is 4.90. The number of carboxylic acid groups (broad SMARTS) is 1. The van der Waals surface area contributed by atoms with Gasteiger partial charge in [0.2, 0.25) is 5.91 Å². The largest absolute Gasteiger partial charge is 0.483 e. The zero-order valence-corrected chi connectivity index (χ0v) is 17.0. The van der Waals surface area contributed by atoms with E-state index in [1.54, 1.807) is 0 Å². The zero-order chi connectivity index (χ0) is 21.5. The van der Waals surface area contributed by atoms with Crippen molar-refractivity contribution >= 4 is 18.3 Å². The van der Waals surface area contributed by atoms with Crippen LogP contribution in [0.4, 0.5) is 0 Å². The van der Waals surface area contributed by atoms with Crippen molar-refractivity contribution in [2.45, 2.75) is 37.6 Å². The SMILES string of the molecule is Cc1c(C(=O)N2CC[C@@]34O[C@@H](c5ccccc5)CN3C(=O)C[C@@H]24)ccn1C.O=CO. The Morgan fingerprint density at radius 3 is 2.60 bits per heavy atom. The fraction of sp³-hybridized carbons (Fsp3) is 0.409. The molecule has 1 N–H and O–H groups in total. The summed E-state index contributed by atoms with van der Waals surface area (Å²) in [5.74, 6) is 0.0806. The maximum atomic E-state index is 13.2. The summed E-state index contributed by atoms with van der Waals surface area (Å²) in [6.45, 7) is 2.87. The van der Waals surface area contributed by atoms with Gasteiger partial charge in [-0.3, -0.25) is 14.4 Å². The molecular formula is C22H25N3O5. The monoisotopic (exact) mass is 411 g/mol. The summed E-state index contributed by atoms with van der Waals surface area (Å²) in [4.78, 5) is 38.0. The van der Waals surface area contributed by atoms with Crippen LogP contribution >= 0.6 is 0 Å². The Morgan fingerprint density at radius 2 is 1.97 bits per heavy atom. The van der Waals surface area contributed by atoms with Gasteiger partial charge in [0.15, 0.2) is 5.72 Å². The second-order valence-electron chi connectivity index (χ2n) is 7.87. The van der Waals surface area contributed by atoms with Crippen molar-refractivity contribution in [3.63, 3.8) is 0 Å². The predicted octanol–water partition coefficient (Wildman–Crippen LogP) is 1.95. The van der Waals surface area contributed by atoms with E-state index >= 15 is 0 Å². The lowest BCUT2D eigenvalue weighted by molar-refractivity contribution is -0.138. The third kappa shape index (κ3) is 2.99. The van der Waals surface area contributed by atoms with Gasteiger partial charge in [-0.25, -0.2) is 0 Å². The first kappa shape index (κ1) is 20.2. The summed E-state index contributed by atoms with van der Waals surface area (Å²) in [5.41, 5.74) is 2.06. The molecule has 1 aromatic heterocycles. The molecule has 0 radical (unpaired) electrons. The van der Waals surface area contributed by atoms with Crippen molar-refractivity contribution < 1.29 is 24.2 Å². The maximum absolute atomic E-state index is 13.2. The summed E-state index contributed by atoms with van der Waals surface area (Å²) in [6, 6.07) is 11.7. The van der Waals surface area contributed by atoms with Gasteiger partial charge < -0.3 is 24.2 Å². The Labute approximate surface area is 174 Å². The Bertz CT molecular complexity index is 972. The van der Waals surface area contributed by atoms with Gasteiger partial charge in [-0.1, -0.05) is 30.3 Å². The summed E-state index contributed by atoms with van der Waals surface area (Å²) >= 11 is 0. The van der Waals surface area contributed by atoms with Crippen LogP contribution < -0.4 is 0 Å². The average molecular weight is 411 g/mol. The van der Waals surface area contributed by atoms with E-state index in [9.17, 15) is 9.59 Å². The molecule has 158 valence electrons. The van der Waals surface area contributed by atoms with Crippen molar-refractivity contribution in [3.05, 3.63) is 59.4 Å². The number of carbonyl (C=O) groups excluding carboxylic acids is 2. The van der Waals surface area contributed by atoms with Crippen LogP contribution in [0.1, 0.15) is 40.6 Å². The normalized spacial score (nSPS) is 26.8. The van der Waals surface area contributed by atoms with Crippen LogP contribution in [0.5, 0.6) is 0 Å². The number of aryl methyl sites for hydroxylation is 1. The molecule has 3 aliphatic rings. The van der Waals surface area contributed by atoms with E-state index in [0.717, 1.165) is 11.3 Å². The molecule has 0 aliphatic carbocycles. The molecule has 30 heavy (non-hydrogen) atoms. The van der Waals surface area contributed by atoms with E-state index < -0.39 is 5.72 Å². The second-order valence-corrected chi connectivity index (χ2v) is 7.87. The zero-order valence-electron chi connectivity index (χ0n) is 17.0. The fourth-order valence-electron chi connectivity index (χ4n) is 4.90. The molecule has 3 saturated heterocycles. The van der Waals surface area contributed by atoms with Gasteiger partial charge >= 0.3 is 0 Å². The Kier molecular flexibility index (Phi) is 5.11. The molecule has 1 aromatic carbocycles. The van der Waals surface area contributed by atoms with Crippen molar-refractivity contribution in [2.75, 3.05) is 13.1 Å². The lowest BCUT2D eigenvalue weighted by atomic mass is 10.1. The molecule has 0 unspecified atom stereocenters. The lowest BCUT2D eigenvalue weighted by Gasteiger charge is -2.32. The summed E-state index contributed by atoms with van der Waals surface area (Å²) < 4.78 is 8.46. The van der Waals surface area contributed by atoms with E-state index in [-0.39, 0.29) is 30.4 Å². The third-order valence-electron chi connectivity index (χ3n) is 6.47. The number of carbonyl (C=O) groups is 3. The molecule has 4 heterocycles. The number of nitrogens with zero attached hydrogens (tertiary/aromatic N) is 3. The Hall–Kier alpha value is -3.13. The lowest BCUT2D eigenvalue weighted by Crippen LogP contribution is -2.48. The van der Waals surface area contributed by atoms with E-state index in [0.29, 0.717) is 31.5 Å². The Morgan fingerprint density at radius 1 is 1.27 bits per heavy atom. The van der Waals surface area contributed by atoms with E-state index in [4.69, 9.17) is 14.6 Å². The molecule has 8 nitrogen and oxygen atoms in total. The first-order chi connectivity index (χ1) is 14.4. The van der Waals surface area contributed by atoms with Crippen molar-refractivity contribution in [2.24, 2.45) is 7.05 Å². The second kappa shape index (κ2) is 7.60. The van der Waals surface area contributed by atoms with Crippen molar-refractivity contribution in [1.29, 1.82) is 0 Å². The molecule has 0 saturated carbocycles. The van der Waals surface area contributed by atoms with Crippen LogP contribution in [0.3, 0.4) is 0 Å². The van der Waals surface area contributed by atoms with Crippen molar-refractivity contribution in [1.82, 2.24) is 14.4 Å². The average Bonchev–Trinajstić information content (AvgIpc) is 3.45.